The zero-order valence-corrected chi connectivity index (χ0v) is 17.3. The van der Waals surface area contributed by atoms with Gasteiger partial charge < -0.3 is 14.8 Å². The highest BCUT2D eigenvalue weighted by molar-refractivity contribution is 7.99. The molecule has 0 radical (unpaired) electrons. The summed E-state index contributed by atoms with van der Waals surface area (Å²) in [7, 11) is 3.24. The van der Waals surface area contributed by atoms with Crippen LogP contribution >= 0.6 is 23.4 Å². The van der Waals surface area contributed by atoms with Crippen LogP contribution in [0.1, 0.15) is 22.3 Å². The van der Waals surface area contributed by atoms with E-state index in [0.29, 0.717) is 33.7 Å². The fourth-order valence-electron chi connectivity index (χ4n) is 2.68. The van der Waals surface area contributed by atoms with E-state index in [1.165, 1.54) is 0 Å². The van der Waals surface area contributed by atoms with Crippen molar-refractivity contribution >= 4 is 35.0 Å². The summed E-state index contributed by atoms with van der Waals surface area (Å²) < 4.78 is 10.6. The van der Waals surface area contributed by atoms with Crippen molar-refractivity contribution in [2.75, 3.05) is 25.3 Å². The van der Waals surface area contributed by atoms with Crippen LogP contribution in [0.2, 0.25) is 5.02 Å². The van der Waals surface area contributed by atoms with Gasteiger partial charge in [-0.1, -0.05) is 17.7 Å². The minimum atomic E-state index is -0.0676. The Balaban J connectivity index is 1.97. The molecule has 0 spiro atoms. The van der Waals surface area contributed by atoms with Crippen LogP contribution in [0.3, 0.4) is 0 Å². The number of hydrogen-bond acceptors (Lipinski definition) is 4. The molecule has 0 unspecified atom stereocenters. The number of carbonyl (C=O) groups excluding carboxylic acids is 1. The molecule has 6 heteroatoms. The van der Waals surface area contributed by atoms with Crippen molar-refractivity contribution in [2.45, 2.75) is 26.5 Å². The fourth-order valence-corrected chi connectivity index (χ4v) is 3.94. The summed E-state index contributed by atoms with van der Waals surface area (Å²) in [6.45, 7) is 5.94. The summed E-state index contributed by atoms with van der Waals surface area (Å²) in [6, 6.07) is 7.76. The molecule has 0 bridgehead atoms. The molecule has 0 aliphatic rings. The molecule has 2 aromatic carbocycles. The highest BCUT2D eigenvalue weighted by atomic mass is 35.5. The molecule has 0 aliphatic carbocycles. The molecular formula is C20H24ClNO3S. The zero-order chi connectivity index (χ0) is 19.3. The van der Waals surface area contributed by atoms with Gasteiger partial charge >= 0.3 is 0 Å². The molecule has 2 aromatic rings. The number of anilines is 1. The van der Waals surface area contributed by atoms with Gasteiger partial charge in [-0.3, -0.25) is 4.79 Å². The Morgan fingerprint density at radius 3 is 2.31 bits per heavy atom. The lowest BCUT2D eigenvalue weighted by Crippen LogP contribution is -2.15. The lowest BCUT2D eigenvalue weighted by Gasteiger charge is -2.13. The van der Waals surface area contributed by atoms with Crippen LogP contribution in [0.25, 0.3) is 0 Å². The van der Waals surface area contributed by atoms with E-state index in [4.69, 9.17) is 21.1 Å². The van der Waals surface area contributed by atoms with E-state index in [1.807, 2.05) is 45.0 Å². The largest absolute Gasteiger partial charge is 0.493 e. The van der Waals surface area contributed by atoms with Gasteiger partial charge in [0.1, 0.15) is 0 Å². The minimum Gasteiger partial charge on any atom is -0.493 e. The normalized spacial score (nSPS) is 10.5. The van der Waals surface area contributed by atoms with E-state index in [0.717, 1.165) is 22.3 Å². The van der Waals surface area contributed by atoms with Gasteiger partial charge in [-0.25, -0.2) is 0 Å². The highest BCUT2D eigenvalue weighted by Gasteiger charge is 2.12. The molecule has 140 valence electrons. The maximum absolute atomic E-state index is 12.3. The fraction of sp³-hybridized carbons (Fsp3) is 0.350. The molecule has 0 aliphatic heterocycles. The summed E-state index contributed by atoms with van der Waals surface area (Å²) in [6.07, 6.45) is 0. The quantitative estimate of drug-likeness (QED) is 0.706. The van der Waals surface area contributed by atoms with Crippen LogP contribution in [0, 0.1) is 20.8 Å². The van der Waals surface area contributed by atoms with Crippen molar-refractivity contribution < 1.29 is 14.3 Å². The Bertz CT molecular complexity index is 785. The number of benzene rings is 2. The maximum Gasteiger partial charge on any atom is 0.234 e. The lowest BCUT2D eigenvalue weighted by atomic mass is 10.1. The van der Waals surface area contributed by atoms with E-state index < -0.39 is 0 Å². The number of carbonyl (C=O) groups is 1. The molecule has 0 saturated heterocycles. The second-order valence-corrected chi connectivity index (χ2v) is 7.51. The van der Waals surface area contributed by atoms with Gasteiger partial charge in [0.25, 0.3) is 0 Å². The van der Waals surface area contributed by atoms with Gasteiger partial charge in [-0.15, -0.1) is 11.8 Å². The van der Waals surface area contributed by atoms with Crippen LogP contribution < -0.4 is 14.8 Å². The highest BCUT2D eigenvalue weighted by Crippen LogP contribution is 2.32. The second kappa shape index (κ2) is 9.19. The molecule has 0 atom stereocenters. The predicted molar refractivity (Wildman–Crippen MR) is 110 cm³/mol. The van der Waals surface area contributed by atoms with Crippen molar-refractivity contribution in [3.8, 4) is 11.5 Å². The van der Waals surface area contributed by atoms with Crippen molar-refractivity contribution in [1.82, 2.24) is 0 Å². The first-order chi connectivity index (χ1) is 12.3. The monoisotopic (exact) mass is 393 g/mol. The lowest BCUT2D eigenvalue weighted by molar-refractivity contribution is -0.113. The molecule has 26 heavy (non-hydrogen) atoms. The summed E-state index contributed by atoms with van der Waals surface area (Å²) >= 11 is 7.79. The Labute approximate surface area is 164 Å². The molecule has 0 heterocycles. The van der Waals surface area contributed by atoms with Crippen molar-refractivity contribution in [3.63, 3.8) is 0 Å². The number of ether oxygens (including phenoxy) is 2. The Kier molecular flexibility index (Phi) is 7.23. The van der Waals surface area contributed by atoms with Gasteiger partial charge in [0.2, 0.25) is 5.91 Å². The minimum absolute atomic E-state index is 0.0676. The predicted octanol–water partition coefficient (Wildman–Crippen LogP) is 5.15. The first kappa shape index (κ1) is 20.5. The third kappa shape index (κ3) is 5.08. The van der Waals surface area contributed by atoms with Crippen LogP contribution in [-0.4, -0.2) is 25.9 Å². The average molecular weight is 394 g/mol. The first-order valence-corrected chi connectivity index (χ1v) is 9.74. The van der Waals surface area contributed by atoms with Crippen LogP contribution in [0.4, 0.5) is 5.69 Å². The smallest absolute Gasteiger partial charge is 0.234 e. The van der Waals surface area contributed by atoms with E-state index in [-0.39, 0.29) is 5.91 Å². The number of amides is 1. The van der Waals surface area contributed by atoms with Gasteiger partial charge in [-0.2, -0.15) is 0 Å². The van der Waals surface area contributed by atoms with E-state index in [1.54, 1.807) is 26.0 Å². The third-order valence-electron chi connectivity index (χ3n) is 4.03. The van der Waals surface area contributed by atoms with Gasteiger partial charge in [-0.05, 0) is 61.2 Å². The van der Waals surface area contributed by atoms with Crippen molar-refractivity contribution in [3.05, 3.63) is 51.5 Å². The first-order valence-electron chi connectivity index (χ1n) is 8.21. The summed E-state index contributed by atoms with van der Waals surface area (Å²) in [5, 5.41) is 3.48. The number of rotatable bonds is 7. The number of nitrogens with one attached hydrogen (secondary N) is 1. The number of halogens is 1. The van der Waals surface area contributed by atoms with E-state index >= 15 is 0 Å². The van der Waals surface area contributed by atoms with Crippen molar-refractivity contribution in [2.24, 2.45) is 0 Å². The van der Waals surface area contributed by atoms with Crippen LogP contribution in [0.5, 0.6) is 11.5 Å². The Morgan fingerprint density at radius 2 is 1.69 bits per heavy atom. The van der Waals surface area contributed by atoms with E-state index in [2.05, 4.69) is 5.32 Å². The van der Waals surface area contributed by atoms with Gasteiger partial charge in [0.15, 0.2) is 11.5 Å². The van der Waals surface area contributed by atoms with Gasteiger partial charge in [0, 0.05) is 5.75 Å². The standard InChI is InChI=1S/C20H24ClNO3S/c1-12-6-14(3)20(16(21)7-12)22-19(23)11-26-10-15-9-18(25-5)17(24-4)8-13(15)2/h6-9H,10-11H2,1-5H3,(H,22,23). The summed E-state index contributed by atoms with van der Waals surface area (Å²) in [5.41, 5.74) is 4.94. The molecule has 0 fully saturated rings. The number of aryl methyl sites for hydroxylation is 3. The van der Waals surface area contributed by atoms with Crippen molar-refractivity contribution in [1.29, 1.82) is 0 Å². The molecule has 1 amide bonds. The average Bonchev–Trinajstić information content (AvgIpc) is 2.59. The molecule has 0 aromatic heterocycles. The number of hydrogen-bond donors (Lipinski definition) is 1. The SMILES string of the molecule is COc1cc(C)c(CSCC(=O)Nc2c(C)cc(C)cc2Cl)cc1OC. The van der Waals surface area contributed by atoms with Gasteiger partial charge in [0.05, 0.1) is 30.7 Å². The van der Waals surface area contributed by atoms with Crippen LogP contribution in [-0.2, 0) is 10.5 Å². The number of thioether (sulfide) groups is 1. The molecule has 1 N–H and O–H groups in total. The molecule has 2 rings (SSSR count). The topological polar surface area (TPSA) is 47.6 Å². The maximum atomic E-state index is 12.3. The third-order valence-corrected chi connectivity index (χ3v) is 5.31. The molecular weight excluding hydrogens is 370 g/mol. The zero-order valence-electron chi connectivity index (χ0n) is 15.7. The van der Waals surface area contributed by atoms with Crippen LogP contribution in [0.15, 0.2) is 24.3 Å². The Hall–Kier alpha value is -1.85. The summed E-state index contributed by atoms with van der Waals surface area (Å²) in [4.78, 5) is 12.3. The summed E-state index contributed by atoms with van der Waals surface area (Å²) in [5.74, 6) is 2.39. The number of methoxy groups -OCH3 is 2. The Morgan fingerprint density at radius 1 is 1.04 bits per heavy atom. The molecule has 0 saturated carbocycles. The molecule has 4 nitrogen and oxygen atoms in total. The second-order valence-electron chi connectivity index (χ2n) is 6.11. The van der Waals surface area contributed by atoms with E-state index in [9.17, 15) is 4.79 Å².